The zero-order valence-corrected chi connectivity index (χ0v) is 16.0. The van der Waals surface area contributed by atoms with Crippen LogP contribution in [-0.2, 0) is 11.3 Å². The van der Waals surface area contributed by atoms with Gasteiger partial charge in [0, 0.05) is 30.9 Å². The minimum Gasteiger partial charge on any atom is -0.435 e. The van der Waals surface area contributed by atoms with Gasteiger partial charge in [-0.1, -0.05) is 12.1 Å². The van der Waals surface area contributed by atoms with Gasteiger partial charge < -0.3 is 15.4 Å². The van der Waals surface area contributed by atoms with E-state index in [1.165, 1.54) is 24.3 Å². The summed E-state index contributed by atoms with van der Waals surface area (Å²) in [7, 11) is 1.59. The predicted molar refractivity (Wildman–Crippen MR) is 105 cm³/mol. The van der Waals surface area contributed by atoms with E-state index in [2.05, 4.69) is 20.3 Å². The van der Waals surface area contributed by atoms with Crippen molar-refractivity contribution in [3.63, 3.8) is 0 Å². The van der Waals surface area contributed by atoms with Crippen molar-refractivity contribution in [2.24, 2.45) is 0 Å². The molecule has 2 aromatic carbocycles. The van der Waals surface area contributed by atoms with Gasteiger partial charge in [0.15, 0.2) is 0 Å². The van der Waals surface area contributed by atoms with E-state index in [1.54, 1.807) is 19.2 Å². The van der Waals surface area contributed by atoms with Gasteiger partial charge in [0.25, 0.3) is 5.91 Å². The first-order chi connectivity index (χ1) is 13.9. The molecular weight excluding hydrogens is 380 g/mol. The molecule has 0 unspecified atom stereocenters. The van der Waals surface area contributed by atoms with Crippen LogP contribution in [0.3, 0.4) is 0 Å². The van der Waals surface area contributed by atoms with Crippen LogP contribution in [0.2, 0.25) is 0 Å². The summed E-state index contributed by atoms with van der Waals surface area (Å²) in [5, 5.41) is 5.36. The van der Waals surface area contributed by atoms with Gasteiger partial charge in [-0.3, -0.25) is 14.5 Å². The van der Waals surface area contributed by atoms with Gasteiger partial charge in [-0.2, -0.15) is 8.78 Å². The number of amides is 2. The number of halogens is 2. The monoisotopic (exact) mass is 403 g/mol. The Morgan fingerprint density at radius 1 is 1.10 bits per heavy atom. The zero-order valence-electron chi connectivity index (χ0n) is 16.0. The van der Waals surface area contributed by atoms with Crippen molar-refractivity contribution < 1.29 is 23.1 Å². The number of hydrogen-bond donors (Lipinski definition) is 2. The molecule has 29 heavy (non-hydrogen) atoms. The lowest BCUT2D eigenvalue weighted by Gasteiger charge is -2.21. The molecular formula is C21H23F2N3O3. The number of rotatable bonds is 9. The van der Waals surface area contributed by atoms with Crippen molar-refractivity contribution >= 4 is 17.5 Å². The third-order valence-corrected chi connectivity index (χ3v) is 4.60. The van der Waals surface area contributed by atoms with Crippen LogP contribution in [0.1, 0.15) is 28.8 Å². The molecule has 0 heterocycles. The number of hydrogen-bond acceptors (Lipinski definition) is 4. The van der Waals surface area contributed by atoms with Crippen LogP contribution in [0.4, 0.5) is 14.5 Å². The highest BCUT2D eigenvalue weighted by Crippen LogP contribution is 2.28. The van der Waals surface area contributed by atoms with E-state index in [0.717, 1.165) is 18.4 Å². The van der Waals surface area contributed by atoms with E-state index in [0.29, 0.717) is 23.8 Å². The average molecular weight is 403 g/mol. The molecule has 2 aromatic rings. The summed E-state index contributed by atoms with van der Waals surface area (Å²) in [6.45, 7) is -2.06. The average Bonchev–Trinajstić information content (AvgIpc) is 3.54. The number of nitrogens with zero attached hydrogens (tertiary/aromatic N) is 1. The largest absolute Gasteiger partial charge is 0.435 e. The van der Waals surface area contributed by atoms with Gasteiger partial charge in [-0.05, 0) is 54.8 Å². The summed E-state index contributed by atoms with van der Waals surface area (Å²) in [6, 6.07) is 13.5. The molecule has 1 aliphatic rings. The molecule has 2 N–H and O–H groups in total. The number of nitrogens with one attached hydrogen (secondary N) is 2. The van der Waals surface area contributed by atoms with E-state index in [4.69, 9.17) is 0 Å². The lowest BCUT2D eigenvalue weighted by molar-refractivity contribution is -0.117. The zero-order chi connectivity index (χ0) is 20.8. The summed E-state index contributed by atoms with van der Waals surface area (Å²) in [6.07, 6.45) is 2.09. The normalized spacial score (nSPS) is 13.4. The van der Waals surface area contributed by atoms with Crippen molar-refractivity contribution in [2.75, 3.05) is 18.9 Å². The second kappa shape index (κ2) is 9.47. The van der Waals surface area contributed by atoms with Crippen molar-refractivity contribution in [1.29, 1.82) is 0 Å². The molecule has 6 nitrogen and oxygen atoms in total. The van der Waals surface area contributed by atoms with Crippen LogP contribution < -0.4 is 15.4 Å². The summed E-state index contributed by atoms with van der Waals surface area (Å²) in [4.78, 5) is 26.2. The summed E-state index contributed by atoms with van der Waals surface area (Å²) in [5.74, 6) is -0.279. The van der Waals surface area contributed by atoms with Crippen LogP contribution >= 0.6 is 0 Å². The molecule has 0 aromatic heterocycles. The minimum atomic E-state index is -2.88. The Balaban J connectivity index is 1.56. The van der Waals surface area contributed by atoms with Crippen molar-refractivity contribution in [1.82, 2.24) is 10.2 Å². The third kappa shape index (κ3) is 6.25. The number of ether oxygens (including phenoxy) is 1. The molecule has 1 aliphatic carbocycles. The highest BCUT2D eigenvalue weighted by atomic mass is 19.3. The van der Waals surface area contributed by atoms with Crippen LogP contribution in [0, 0.1) is 0 Å². The molecule has 8 heteroatoms. The maximum Gasteiger partial charge on any atom is 0.387 e. The van der Waals surface area contributed by atoms with Crippen LogP contribution in [0.5, 0.6) is 5.75 Å². The lowest BCUT2D eigenvalue weighted by atomic mass is 10.1. The molecule has 3 rings (SSSR count). The lowest BCUT2D eigenvalue weighted by Crippen LogP contribution is -2.34. The predicted octanol–water partition coefficient (Wildman–Crippen LogP) is 3.25. The highest BCUT2D eigenvalue weighted by Gasteiger charge is 2.30. The van der Waals surface area contributed by atoms with E-state index in [9.17, 15) is 18.4 Å². The molecule has 1 saturated carbocycles. The van der Waals surface area contributed by atoms with Gasteiger partial charge in [-0.15, -0.1) is 0 Å². The molecule has 0 spiro atoms. The van der Waals surface area contributed by atoms with E-state index >= 15 is 0 Å². The number of alkyl halides is 2. The van der Waals surface area contributed by atoms with Gasteiger partial charge in [0.1, 0.15) is 5.75 Å². The van der Waals surface area contributed by atoms with Crippen LogP contribution in [-0.4, -0.2) is 43.0 Å². The second-order valence-corrected chi connectivity index (χ2v) is 6.86. The highest BCUT2D eigenvalue weighted by molar-refractivity contribution is 5.94. The number of carbonyl (C=O) groups is 2. The molecule has 0 atom stereocenters. The second-order valence-electron chi connectivity index (χ2n) is 6.86. The fraction of sp³-hybridized carbons (Fsp3) is 0.333. The molecule has 1 fully saturated rings. The summed E-state index contributed by atoms with van der Waals surface area (Å²) >= 11 is 0. The maximum atomic E-state index is 12.4. The molecule has 2 amide bonds. The quantitative estimate of drug-likeness (QED) is 0.674. The molecule has 0 bridgehead atoms. The Kier molecular flexibility index (Phi) is 6.77. The standard InChI is InChI=1S/C21H23F2N3O3/c1-24-20(28)15-4-2-14(3-5-15)12-26(17-8-9-17)13-19(27)25-16-6-10-18(11-7-16)29-21(22)23/h2-7,10-11,17,21H,8-9,12-13H2,1H3,(H,24,28)(H,25,27). The summed E-state index contributed by atoms with van der Waals surface area (Å²) in [5.41, 5.74) is 2.12. The minimum absolute atomic E-state index is 0.0396. The maximum absolute atomic E-state index is 12.4. The third-order valence-electron chi connectivity index (χ3n) is 4.60. The number of benzene rings is 2. The van der Waals surface area contributed by atoms with Gasteiger partial charge >= 0.3 is 6.61 Å². The first kappa shape index (κ1) is 20.7. The smallest absolute Gasteiger partial charge is 0.387 e. The Morgan fingerprint density at radius 2 is 1.76 bits per heavy atom. The first-order valence-corrected chi connectivity index (χ1v) is 9.34. The number of anilines is 1. The molecule has 154 valence electrons. The fourth-order valence-electron chi connectivity index (χ4n) is 3.00. The van der Waals surface area contributed by atoms with Crippen LogP contribution in [0.15, 0.2) is 48.5 Å². The van der Waals surface area contributed by atoms with Crippen molar-refractivity contribution in [3.05, 3.63) is 59.7 Å². The Morgan fingerprint density at radius 3 is 2.31 bits per heavy atom. The topological polar surface area (TPSA) is 70.7 Å². The van der Waals surface area contributed by atoms with Crippen molar-refractivity contribution in [2.45, 2.75) is 32.0 Å². The Bertz CT molecular complexity index is 837. The summed E-state index contributed by atoms with van der Waals surface area (Å²) < 4.78 is 28.7. The molecule has 0 aliphatic heterocycles. The Hall–Kier alpha value is -3.00. The SMILES string of the molecule is CNC(=O)c1ccc(CN(CC(=O)Nc2ccc(OC(F)F)cc2)C2CC2)cc1. The van der Waals surface area contributed by atoms with Gasteiger partial charge in [-0.25, -0.2) is 0 Å². The molecule has 0 radical (unpaired) electrons. The van der Waals surface area contributed by atoms with Gasteiger partial charge in [0.05, 0.1) is 6.54 Å². The Labute approximate surface area is 167 Å². The van der Waals surface area contributed by atoms with Crippen LogP contribution in [0.25, 0.3) is 0 Å². The van der Waals surface area contributed by atoms with Crippen molar-refractivity contribution in [3.8, 4) is 5.75 Å². The van der Waals surface area contributed by atoms with E-state index in [-0.39, 0.29) is 24.1 Å². The molecule has 0 saturated heterocycles. The van der Waals surface area contributed by atoms with Gasteiger partial charge in [0.2, 0.25) is 5.91 Å². The number of carbonyl (C=O) groups excluding carboxylic acids is 2. The van der Waals surface area contributed by atoms with E-state index < -0.39 is 6.61 Å². The van der Waals surface area contributed by atoms with E-state index in [1.807, 2.05) is 12.1 Å². The fourth-order valence-corrected chi connectivity index (χ4v) is 3.00. The first-order valence-electron chi connectivity index (χ1n) is 9.34.